The molecule has 0 unspecified atom stereocenters. The van der Waals surface area contributed by atoms with Gasteiger partial charge in [0, 0.05) is 18.3 Å². The van der Waals surface area contributed by atoms with E-state index in [0.29, 0.717) is 10.7 Å². The van der Waals surface area contributed by atoms with Crippen molar-refractivity contribution in [3.05, 3.63) is 34.4 Å². The molecule has 6 nitrogen and oxygen atoms in total. The standard InChI is InChI=1S/C16H22ClN5O/c1-16(2,3)22-13-7-5-6-12(10(13)8-19-22)20-15(23)11-9-18-21(4)14(11)17/h8-9,12H,5-7H2,1-4H3,(H,20,23)/t12-/m0/s1. The molecule has 124 valence electrons. The van der Waals surface area contributed by atoms with E-state index < -0.39 is 0 Å². The number of amides is 1. The van der Waals surface area contributed by atoms with Gasteiger partial charge in [-0.2, -0.15) is 10.2 Å². The molecule has 7 heteroatoms. The summed E-state index contributed by atoms with van der Waals surface area (Å²) in [6.07, 6.45) is 6.31. The highest BCUT2D eigenvalue weighted by molar-refractivity contribution is 6.32. The van der Waals surface area contributed by atoms with Crippen LogP contribution in [-0.2, 0) is 19.0 Å². The Hall–Kier alpha value is -1.82. The number of hydrogen-bond donors (Lipinski definition) is 1. The fraction of sp³-hybridized carbons (Fsp3) is 0.562. The van der Waals surface area contributed by atoms with Crippen LogP contribution >= 0.6 is 11.6 Å². The first-order valence-electron chi connectivity index (χ1n) is 7.84. The minimum atomic E-state index is -0.190. The first-order valence-corrected chi connectivity index (χ1v) is 8.22. The predicted molar refractivity (Wildman–Crippen MR) is 88.6 cm³/mol. The molecular weight excluding hydrogens is 314 g/mol. The van der Waals surface area contributed by atoms with Crippen LogP contribution in [0.3, 0.4) is 0 Å². The second kappa shape index (κ2) is 5.67. The number of nitrogens with zero attached hydrogens (tertiary/aromatic N) is 4. The summed E-state index contributed by atoms with van der Waals surface area (Å²) in [6.45, 7) is 6.41. The number of carbonyl (C=O) groups excluding carboxylic acids is 1. The van der Waals surface area contributed by atoms with Gasteiger partial charge in [0.2, 0.25) is 0 Å². The van der Waals surface area contributed by atoms with Crippen LogP contribution in [0.25, 0.3) is 0 Å². The van der Waals surface area contributed by atoms with Crippen LogP contribution in [0.5, 0.6) is 0 Å². The van der Waals surface area contributed by atoms with Gasteiger partial charge in [0.05, 0.1) is 29.5 Å². The van der Waals surface area contributed by atoms with Crippen molar-refractivity contribution in [2.45, 2.75) is 51.6 Å². The van der Waals surface area contributed by atoms with Gasteiger partial charge < -0.3 is 5.32 Å². The molecule has 1 aliphatic rings. The van der Waals surface area contributed by atoms with Crippen LogP contribution in [0, 0.1) is 0 Å². The maximum absolute atomic E-state index is 12.5. The highest BCUT2D eigenvalue weighted by Gasteiger charge is 2.29. The van der Waals surface area contributed by atoms with E-state index in [1.54, 1.807) is 7.05 Å². The number of fused-ring (bicyclic) bond motifs is 1. The summed E-state index contributed by atoms with van der Waals surface area (Å²) in [7, 11) is 1.71. The molecule has 0 aliphatic heterocycles. The van der Waals surface area contributed by atoms with E-state index >= 15 is 0 Å². The molecule has 0 radical (unpaired) electrons. The molecule has 2 heterocycles. The van der Waals surface area contributed by atoms with Crippen molar-refractivity contribution < 1.29 is 4.79 Å². The van der Waals surface area contributed by atoms with Gasteiger partial charge in [-0.25, -0.2) is 0 Å². The van der Waals surface area contributed by atoms with Gasteiger partial charge >= 0.3 is 0 Å². The van der Waals surface area contributed by atoms with Crippen LogP contribution in [-0.4, -0.2) is 25.5 Å². The molecule has 1 N–H and O–H groups in total. The number of carbonyl (C=O) groups is 1. The summed E-state index contributed by atoms with van der Waals surface area (Å²) in [6, 6.07) is -0.0291. The summed E-state index contributed by atoms with van der Waals surface area (Å²) in [5.74, 6) is -0.190. The van der Waals surface area contributed by atoms with Crippen LogP contribution in [0.15, 0.2) is 12.4 Å². The quantitative estimate of drug-likeness (QED) is 0.917. The number of rotatable bonds is 2. The minimum Gasteiger partial charge on any atom is -0.345 e. The molecule has 2 aromatic heterocycles. The lowest BCUT2D eigenvalue weighted by Gasteiger charge is -2.28. The molecule has 0 aromatic carbocycles. The third-order valence-electron chi connectivity index (χ3n) is 4.23. The summed E-state index contributed by atoms with van der Waals surface area (Å²) >= 11 is 6.11. The fourth-order valence-electron chi connectivity index (χ4n) is 3.10. The van der Waals surface area contributed by atoms with E-state index in [9.17, 15) is 4.79 Å². The number of aromatic nitrogens is 4. The molecule has 0 fully saturated rings. The average Bonchev–Trinajstić information content (AvgIpc) is 3.04. The highest BCUT2D eigenvalue weighted by atomic mass is 35.5. The Kier molecular flexibility index (Phi) is 3.96. The summed E-state index contributed by atoms with van der Waals surface area (Å²) in [5, 5.41) is 12.0. The maximum atomic E-state index is 12.5. The van der Waals surface area contributed by atoms with Gasteiger partial charge in [0.15, 0.2) is 0 Å². The summed E-state index contributed by atoms with van der Waals surface area (Å²) in [5.41, 5.74) is 2.67. The number of halogens is 1. The Balaban J connectivity index is 1.85. The SMILES string of the molecule is Cn1ncc(C(=O)N[C@H]2CCCc3c2cnn3C(C)(C)C)c1Cl. The lowest BCUT2D eigenvalue weighted by molar-refractivity contribution is 0.0932. The zero-order valence-corrected chi connectivity index (χ0v) is 14.7. The van der Waals surface area contributed by atoms with Gasteiger partial charge in [-0.1, -0.05) is 11.6 Å². The number of hydrogen-bond acceptors (Lipinski definition) is 3. The first-order chi connectivity index (χ1) is 10.8. The summed E-state index contributed by atoms with van der Waals surface area (Å²) in [4.78, 5) is 12.5. The Labute approximate surface area is 140 Å². The van der Waals surface area contributed by atoms with Crippen molar-refractivity contribution in [3.63, 3.8) is 0 Å². The van der Waals surface area contributed by atoms with Crippen LogP contribution in [0.2, 0.25) is 5.15 Å². The van der Waals surface area contributed by atoms with E-state index in [1.807, 2.05) is 6.20 Å². The monoisotopic (exact) mass is 335 g/mol. The third kappa shape index (κ3) is 2.87. The minimum absolute atomic E-state index is 0.0291. The highest BCUT2D eigenvalue weighted by Crippen LogP contribution is 2.32. The molecular formula is C16H22ClN5O. The van der Waals surface area contributed by atoms with Crippen LogP contribution < -0.4 is 5.32 Å². The predicted octanol–water partition coefficient (Wildman–Crippen LogP) is 2.83. The van der Waals surface area contributed by atoms with Gasteiger partial charge in [-0.15, -0.1) is 0 Å². The van der Waals surface area contributed by atoms with Crippen molar-refractivity contribution >= 4 is 17.5 Å². The second-order valence-corrected chi connectivity index (χ2v) is 7.38. The first kappa shape index (κ1) is 16.1. The van der Waals surface area contributed by atoms with E-state index in [4.69, 9.17) is 11.6 Å². The third-order valence-corrected chi connectivity index (χ3v) is 4.68. The van der Waals surface area contributed by atoms with Gasteiger partial charge in [-0.05, 0) is 40.0 Å². The topological polar surface area (TPSA) is 64.7 Å². The summed E-state index contributed by atoms with van der Waals surface area (Å²) < 4.78 is 3.55. The van der Waals surface area contributed by atoms with Crippen molar-refractivity contribution in [1.82, 2.24) is 24.9 Å². The molecule has 0 bridgehead atoms. The fourth-order valence-corrected chi connectivity index (χ4v) is 3.27. The van der Waals surface area contributed by atoms with Gasteiger partial charge in [0.25, 0.3) is 5.91 Å². The maximum Gasteiger partial charge on any atom is 0.256 e. The Morgan fingerprint density at radius 3 is 2.70 bits per heavy atom. The lowest BCUT2D eigenvalue weighted by Crippen LogP contribution is -2.32. The lowest BCUT2D eigenvalue weighted by atomic mass is 9.92. The van der Waals surface area contributed by atoms with Gasteiger partial charge in [-0.3, -0.25) is 14.2 Å². The zero-order valence-electron chi connectivity index (χ0n) is 13.9. The molecule has 1 atom stereocenters. The van der Waals surface area contributed by atoms with Crippen molar-refractivity contribution in [1.29, 1.82) is 0 Å². The van der Waals surface area contributed by atoms with Crippen molar-refractivity contribution in [2.24, 2.45) is 7.05 Å². The number of nitrogens with one attached hydrogen (secondary N) is 1. The molecule has 0 saturated carbocycles. The molecule has 23 heavy (non-hydrogen) atoms. The van der Waals surface area contributed by atoms with Crippen LogP contribution in [0.1, 0.15) is 61.3 Å². The molecule has 1 amide bonds. The Morgan fingerprint density at radius 2 is 2.09 bits per heavy atom. The van der Waals surface area contributed by atoms with E-state index in [0.717, 1.165) is 24.8 Å². The smallest absolute Gasteiger partial charge is 0.256 e. The van der Waals surface area contributed by atoms with E-state index in [2.05, 4.69) is 41.0 Å². The Morgan fingerprint density at radius 1 is 1.35 bits per heavy atom. The molecule has 2 aromatic rings. The molecule has 0 spiro atoms. The van der Waals surface area contributed by atoms with Crippen molar-refractivity contribution in [3.8, 4) is 0 Å². The van der Waals surface area contributed by atoms with Gasteiger partial charge in [0.1, 0.15) is 5.15 Å². The second-order valence-electron chi connectivity index (χ2n) is 7.02. The van der Waals surface area contributed by atoms with E-state index in [-0.39, 0.29) is 17.5 Å². The normalized spacial score (nSPS) is 17.9. The largest absolute Gasteiger partial charge is 0.345 e. The number of aryl methyl sites for hydroxylation is 1. The molecule has 1 aliphatic carbocycles. The molecule has 0 saturated heterocycles. The van der Waals surface area contributed by atoms with E-state index in [1.165, 1.54) is 16.6 Å². The van der Waals surface area contributed by atoms with Crippen LogP contribution in [0.4, 0.5) is 0 Å². The van der Waals surface area contributed by atoms with Crippen molar-refractivity contribution in [2.75, 3.05) is 0 Å². The average molecular weight is 336 g/mol. The zero-order chi connectivity index (χ0) is 16.8. The Bertz CT molecular complexity index is 740. The molecule has 3 rings (SSSR count).